The van der Waals surface area contributed by atoms with Gasteiger partial charge in [-0.15, -0.1) is 0 Å². The van der Waals surface area contributed by atoms with Crippen molar-refractivity contribution in [3.63, 3.8) is 0 Å². The lowest BCUT2D eigenvalue weighted by Gasteiger charge is -2.19. The SMILES string of the molecule is CN(C)c1ccc2c(-c3ccc(C(=O)NCCOCCOCCOCc4cc(O)ccc4/C=C/C(=O)Sc4ccc(CC(=O)NCc5cc([N+](=O)[O-])cc([N+](=O)[O-])c5)cc4)cc3C(=O)O)c3ccc(=[N+](C)C)cc-3oc2c1. The van der Waals surface area contributed by atoms with Crippen molar-refractivity contribution in [2.45, 2.75) is 24.5 Å². The van der Waals surface area contributed by atoms with Crippen LogP contribution in [0.2, 0.25) is 0 Å². The largest absolute Gasteiger partial charge is 0.508 e. The van der Waals surface area contributed by atoms with Crippen LogP contribution >= 0.6 is 11.8 Å². The zero-order valence-corrected chi connectivity index (χ0v) is 43.3. The van der Waals surface area contributed by atoms with Crippen LogP contribution in [0.15, 0.2) is 131 Å². The minimum atomic E-state index is -1.18. The molecule has 0 bridgehead atoms. The smallest absolute Gasteiger partial charge is 0.336 e. The fraction of sp³-hybridized carbons (Fsp3) is 0.232. The summed E-state index contributed by atoms with van der Waals surface area (Å²) in [4.78, 5) is 74.9. The molecule has 0 radical (unpaired) electrons. The number of rotatable bonds is 24. The van der Waals surface area contributed by atoms with Gasteiger partial charge in [0.05, 0.1) is 73.6 Å². The summed E-state index contributed by atoms with van der Waals surface area (Å²) in [6.07, 6.45) is 2.98. The van der Waals surface area contributed by atoms with Crippen LogP contribution in [-0.4, -0.2) is 111 Å². The normalized spacial score (nSPS) is 11.2. The maximum Gasteiger partial charge on any atom is 0.336 e. The number of carboxylic acids is 1. The number of aromatic carboxylic acids is 1. The van der Waals surface area contributed by atoms with Crippen molar-refractivity contribution in [2.24, 2.45) is 0 Å². The number of phenols is 1. The number of anilines is 1. The average molecular weight is 1070 g/mol. The van der Waals surface area contributed by atoms with Crippen LogP contribution in [0.3, 0.4) is 0 Å². The first-order chi connectivity index (χ1) is 36.9. The van der Waals surface area contributed by atoms with Crippen LogP contribution in [-0.2, 0) is 43.4 Å². The number of carbonyl (C=O) groups excluding carboxylic acids is 3. The fourth-order valence-corrected chi connectivity index (χ4v) is 8.68. The van der Waals surface area contributed by atoms with Gasteiger partial charge in [0.15, 0.2) is 0 Å². The zero-order valence-electron chi connectivity index (χ0n) is 42.5. The highest BCUT2D eigenvalue weighted by molar-refractivity contribution is 8.14. The van der Waals surface area contributed by atoms with E-state index in [-0.39, 0.29) is 86.7 Å². The number of amides is 2. The third kappa shape index (κ3) is 15.2. The standard InChI is InChI=1S/C56H54N6O14S/c1-59(2)40-10-16-47-50(31-40)76-51-32-41(60(3)4)11-17-48(51)54(47)46-15-8-38(29-49(46)56(67)68)55(66)57-19-20-73-21-22-74-23-24-75-34-39-28-44(63)12-7-37(39)9-18-53(65)77-45-13-5-35(6-14-45)27-52(64)58-33-36-25-42(61(69)70)30-43(26-36)62(71)72/h5-18,25-26,28-32H,19-24,27,33-34H2,1-4H3,(H3-,57,58,63,64,65,66,67,68)/p+1. The number of nitrogens with zero attached hydrogens (tertiary/aromatic N) is 4. The molecule has 4 N–H and O–H groups in total. The highest BCUT2D eigenvalue weighted by Gasteiger charge is 2.24. The molecule has 0 atom stereocenters. The molecule has 1 aliphatic carbocycles. The fourth-order valence-electron chi connectivity index (χ4n) is 8.04. The van der Waals surface area contributed by atoms with E-state index in [1.165, 1.54) is 18.2 Å². The van der Waals surface area contributed by atoms with Gasteiger partial charge in [-0.25, -0.2) is 9.37 Å². The number of nitro benzene ring substituents is 2. The molecule has 398 valence electrons. The van der Waals surface area contributed by atoms with Gasteiger partial charge < -0.3 is 44.4 Å². The topological polar surface area (TPSA) is 266 Å². The first kappa shape index (κ1) is 56.0. The first-order valence-corrected chi connectivity index (χ1v) is 24.8. The number of benzene rings is 6. The zero-order chi connectivity index (χ0) is 55.2. The number of phenolic OH excluding ortho intramolecular Hbond substituents is 1. The van der Waals surface area contributed by atoms with Gasteiger partial charge in [-0.2, -0.15) is 0 Å². The number of nitrogens with one attached hydrogen (secondary N) is 2. The number of hydrogen-bond donors (Lipinski definition) is 4. The van der Waals surface area contributed by atoms with Crippen molar-refractivity contribution < 1.29 is 57.9 Å². The van der Waals surface area contributed by atoms with Crippen molar-refractivity contribution in [2.75, 3.05) is 72.7 Å². The van der Waals surface area contributed by atoms with Crippen molar-refractivity contribution in [3.05, 3.63) is 180 Å². The molecule has 0 unspecified atom stereocenters. The molecule has 77 heavy (non-hydrogen) atoms. The summed E-state index contributed by atoms with van der Waals surface area (Å²) >= 11 is 0.968. The van der Waals surface area contributed by atoms with Crippen molar-refractivity contribution in [1.82, 2.24) is 15.2 Å². The van der Waals surface area contributed by atoms with Crippen LogP contribution in [0, 0.1) is 20.2 Å². The van der Waals surface area contributed by atoms with E-state index in [4.69, 9.17) is 18.6 Å². The molecule has 0 aromatic heterocycles. The lowest BCUT2D eigenvalue weighted by molar-refractivity contribution is -0.394. The predicted octanol–water partition coefficient (Wildman–Crippen LogP) is 7.69. The number of non-ortho nitro benzene ring substituents is 2. The maximum absolute atomic E-state index is 13.2. The monoisotopic (exact) mass is 1070 g/mol. The number of fused-ring (bicyclic) bond motifs is 2. The van der Waals surface area contributed by atoms with Gasteiger partial charge >= 0.3 is 5.97 Å². The van der Waals surface area contributed by atoms with Crippen LogP contribution in [0.4, 0.5) is 17.1 Å². The number of carbonyl (C=O) groups is 4. The number of thioether (sulfide) groups is 1. The van der Waals surface area contributed by atoms with Gasteiger partial charge in [0.1, 0.15) is 31.2 Å². The van der Waals surface area contributed by atoms with Crippen LogP contribution in [0.1, 0.15) is 43.0 Å². The van der Waals surface area contributed by atoms with Crippen molar-refractivity contribution in [1.29, 1.82) is 0 Å². The summed E-state index contributed by atoms with van der Waals surface area (Å²) in [6.45, 7) is 1.29. The minimum absolute atomic E-state index is 0.0244. The molecule has 0 saturated heterocycles. The molecule has 0 spiro atoms. The Morgan fingerprint density at radius 3 is 2.10 bits per heavy atom. The van der Waals surface area contributed by atoms with Crippen LogP contribution < -0.4 is 25.5 Å². The molecular formula is C56H55N6O14S+. The lowest BCUT2D eigenvalue weighted by Crippen LogP contribution is -2.28. The van der Waals surface area contributed by atoms with Gasteiger partial charge in [0.25, 0.3) is 17.3 Å². The second-order valence-corrected chi connectivity index (χ2v) is 18.9. The molecule has 20 nitrogen and oxygen atoms in total. The van der Waals surface area contributed by atoms with E-state index >= 15 is 0 Å². The van der Waals surface area contributed by atoms with Crippen molar-refractivity contribution >= 4 is 68.8 Å². The van der Waals surface area contributed by atoms with Crippen LogP contribution in [0.25, 0.3) is 39.5 Å². The number of nitro groups is 2. The molecule has 1 heterocycles. The van der Waals surface area contributed by atoms with Gasteiger partial charge in [-0.1, -0.05) is 30.3 Å². The van der Waals surface area contributed by atoms with E-state index in [1.807, 2.05) is 74.1 Å². The lowest BCUT2D eigenvalue weighted by atomic mass is 9.89. The molecular weight excluding hydrogens is 1010 g/mol. The summed E-state index contributed by atoms with van der Waals surface area (Å²) in [5, 5.41) is 49.7. The van der Waals surface area contributed by atoms with Gasteiger partial charge in [-0.3, -0.25) is 34.6 Å². The Kier molecular flexibility index (Phi) is 19.0. The minimum Gasteiger partial charge on any atom is -0.508 e. The first-order valence-electron chi connectivity index (χ1n) is 24.0. The average Bonchev–Trinajstić information content (AvgIpc) is 3.43. The van der Waals surface area contributed by atoms with E-state index in [0.717, 1.165) is 52.0 Å². The van der Waals surface area contributed by atoms with E-state index in [0.29, 0.717) is 44.1 Å². The molecule has 2 aliphatic rings. The third-order valence-electron chi connectivity index (χ3n) is 11.9. The highest BCUT2D eigenvalue weighted by Crippen LogP contribution is 2.42. The molecule has 0 saturated carbocycles. The van der Waals surface area contributed by atoms with E-state index in [2.05, 4.69) is 10.6 Å². The Balaban J connectivity index is 0.816. The molecule has 7 rings (SSSR count). The molecule has 0 fully saturated rings. The third-order valence-corrected chi connectivity index (χ3v) is 12.8. The summed E-state index contributed by atoms with van der Waals surface area (Å²) < 4.78 is 25.4. The van der Waals surface area contributed by atoms with E-state index in [9.17, 15) is 49.6 Å². The Morgan fingerprint density at radius 1 is 0.740 bits per heavy atom. The second-order valence-electron chi connectivity index (χ2n) is 17.8. The highest BCUT2D eigenvalue weighted by atomic mass is 32.2. The van der Waals surface area contributed by atoms with Crippen molar-refractivity contribution in [3.8, 4) is 28.2 Å². The quantitative estimate of drug-likeness (QED) is 0.00859. The summed E-state index contributed by atoms with van der Waals surface area (Å²) in [5.41, 5.74) is 4.72. The Hall–Kier alpha value is -8.76. The number of carboxylic acid groups (broad SMARTS) is 1. The Labute approximate surface area is 445 Å². The van der Waals surface area contributed by atoms with E-state index < -0.39 is 39.0 Å². The molecule has 21 heteroatoms. The number of aromatic hydroxyl groups is 1. The number of hydrogen-bond acceptors (Lipinski definition) is 15. The van der Waals surface area contributed by atoms with E-state index in [1.54, 1.807) is 54.6 Å². The molecule has 5 aromatic rings. The Bertz CT molecular complexity index is 3390. The summed E-state index contributed by atoms with van der Waals surface area (Å²) in [7, 11) is 7.71. The summed E-state index contributed by atoms with van der Waals surface area (Å²) in [5.74, 6) is -1.44. The predicted molar refractivity (Wildman–Crippen MR) is 290 cm³/mol. The maximum atomic E-state index is 13.2. The molecule has 2 amide bonds. The second kappa shape index (κ2) is 26.1. The number of ether oxygens (including phenoxy) is 3. The van der Waals surface area contributed by atoms with Gasteiger partial charge in [0.2, 0.25) is 16.4 Å². The Morgan fingerprint density at radius 2 is 1.43 bits per heavy atom. The van der Waals surface area contributed by atoms with Crippen LogP contribution in [0.5, 0.6) is 5.75 Å². The molecule has 1 aliphatic heterocycles. The van der Waals surface area contributed by atoms with Gasteiger partial charge in [-0.05, 0) is 100 Å². The molecule has 5 aromatic carbocycles. The van der Waals surface area contributed by atoms with Gasteiger partial charge in [0, 0.05) is 84.1 Å². The summed E-state index contributed by atoms with van der Waals surface area (Å²) in [6, 6.07) is 30.8.